The van der Waals surface area contributed by atoms with Gasteiger partial charge in [0.2, 0.25) is 10.0 Å². The number of halogens is 5. The second-order valence-electron chi connectivity index (χ2n) is 5.45. The number of pyridine rings is 1. The monoisotopic (exact) mass is 574 g/mol. The third-order valence-corrected chi connectivity index (χ3v) is 9.76. The fourth-order valence-electron chi connectivity index (χ4n) is 2.28. The zero-order chi connectivity index (χ0) is 20.5. The number of hydrogen-bond donors (Lipinski definition) is 1. The van der Waals surface area contributed by atoms with E-state index in [1.54, 1.807) is 18.2 Å². The number of rotatable bonds is 6. The van der Waals surface area contributed by atoms with Crippen LogP contribution in [0.5, 0.6) is 0 Å². The predicted octanol–water partition coefficient (Wildman–Crippen LogP) is 5.91. The minimum Gasteiger partial charge on any atom is -0.243 e. The van der Waals surface area contributed by atoms with Crippen molar-refractivity contribution in [2.24, 2.45) is 0 Å². The second-order valence-corrected chi connectivity index (χ2v) is 11.8. The number of thioether (sulfide) groups is 1. The molecule has 0 saturated carbocycles. The Labute approximate surface area is 184 Å². The van der Waals surface area contributed by atoms with Crippen LogP contribution in [0.15, 0.2) is 53.8 Å². The molecule has 0 unspecified atom stereocenters. The lowest BCUT2D eigenvalue weighted by Crippen LogP contribution is -2.25. The summed E-state index contributed by atoms with van der Waals surface area (Å²) in [5, 5.41) is 0.592. The van der Waals surface area contributed by atoms with Crippen molar-refractivity contribution in [3.05, 3.63) is 50.4 Å². The number of aromatic nitrogens is 1. The summed E-state index contributed by atoms with van der Waals surface area (Å²) < 4.78 is 67.8. The van der Waals surface area contributed by atoms with E-state index in [2.05, 4.69) is 41.6 Å². The second kappa shape index (κ2) is 8.60. The molecule has 28 heavy (non-hydrogen) atoms. The van der Waals surface area contributed by atoms with Crippen LogP contribution in [0.3, 0.4) is 0 Å². The Morgan fingerprint density at radius 3 is 2.54 bits per heavy atom. The largest absolute Gasteiger partial charge is 0.433 e. The van der Waals surface area contributed by atoms with Crippen LogP contribution in [0, 0.1) is 0 Å². The Morgan fingerprint density at radius 2 is 1.89 bits per heavy atom. The number of benzene rings is 1. The summed E-state index contributed by atoms with van der Waals surface area (Å²) in [6.45, 7) is 0.0676. The Kier molecular flexibility index (Phi) is 6.77. The fraction of sp³-hybridized carbons (Fsp3) is 0.188. The Hall–Kier alpha value is -0.660. The smallest absolute Gasteiger partial charge is 0.243 e. The summed E-state index contributed by atoms with van der Waals surface area (Å²) in [5.41, 5.74) is -0.726. The predicted molar refractivity (Wildman–Crippen MR) is 112 cm³/mol. The first-order valence-corrected chi connectivity index (χ1v) is 12.5. The summed E-state index contributed by atoms with van der Waals surface area (Å²) in [7, 11) is -3.69. The highest BCUT2D eigenvalue weighted by Crippen LogP contribution is 2.36. The van der Waals surface area contributed by atoms with Gasteiger partial charge in [-0.25, -0.2) is 18.1 Å². The van der Waals surface area contributed by atoms with Crippen molar-refractivity contribution >= 4 is 75.9 Å². The van der Waals surface area contributed by atoms with Crippen molar-refractivity contribution in [3.8, 4) is 0 Å². The van der Waals surface area contributed by atoms with Crippen molar-refractivity contribution in [2.75, 3.05) is 12.3 Å². The van der Waals surface area contributed by atoms with E-state index in [1.165, 1.54) is 12.1 Å². The molecule has 0 amide bonds. The van der Waals surface area contributed by atoms with Crippen LogP contribution in [0.2, 0.25) is 0 Å². The van der Waals surface area contributed by atoms with E-state index in [4.69, 9.17) is 0 Å². The maximum Gasteiger partial charge on any atom is 0.433 e. The summed E-state index contributed by atoms with van der Waals surface area (Å²) >= 11 is 8.68. The first kappa shape index (κ1) is 22.0. The van der Waals surface area contributed by atoms with Gasteiger partial charge in [0.15, 0.2) is 0 Å². The number of sulfonamides is 1. The molecule has 0 spiro atoms. The Balaban J connectivity index is 1.73. The molecule has 0 fully saturated rings. The minimum absolute atomic E-state index is 0.0676. The number of alkyl halides is 3. The molecule has 4 nitrogen and oxygen atoms in total. The van der Waals surface area contributed by atoms with E-state index in [0.29, 0.717) is 18.5 Å². The van der Waals surface area contributed by atoms with Crippen LogP contribution in [-0.4, -0.2) is 25.7 Å². The van der Waals surface area contributed by atoms with Gasteiger partial charge in [0.05, 0.1) is 9.30 Å². The molecular formula is C16H11Br2F3N2O2S3. The van der Waals surface area contributed by atoms with Crippen LogP contribution in [0.4, 0.5) is 13.2 Å². The normalized spacial score (nSPS) is 12.6. The standard InChI is InChI=1S/C16H11Br2F3N2O2S3/c17-10-7-14(27-15(10)18)28(24,25)22-5-6-26-12-8-13(16(19,20)21)23-11-4-2-1-3-9(11)12/h1-4,7-8,22H,5-6H2. The van der Waals surface area contributed by atoms with Crippen LogP contribution in [0.25, 0.3) is 10.9 Å². The SMILES string of the molecule is O=S(=O)(NCCSc1cc(C(F)(F)F)nc2ccccc12)c1cc(Br)c(Br)s1. The number of hydrogen-bond acceptors (Lipinski definition) is 5. The van der Waals surface area contributed by atoms with Crippen LogP contribution in [-0.2, 0) is 16.2 Å². The summed E-state index contributed by atoms with van der Waals surface area (Å²) in [6.07, 6.45) is -4.55. The number of thiophene rings is 1. The molecule has 0 bridgehead atoms. The van der Waals surface area contributed by atoms with Crippen LogP contribution < -0.4 is 4.72 Å². The highest BCUT2D eigenvalue weighted by molar-refractivity contribution is 9.13. The van der Waals surface area contributed by atoms with E-state index in [1.807, 2.05) is 0 Å². The quantitative estimate of drug-likeness (QED) is 0.293. The molecule has 2 aromatic heterocycles. The number of fused-ring (bicyclic) bond motifs is 1. The molecule has 0 radical (unpaired) electrons. The number of nitrogens with one attached hydrogen (secondary N) is 1. The van der Waals surface area contributed by atoms with Crippen LogP contribution in [0.1, 0.15) is 5.69 Å². The summed E-state index contributed by atoms with van der Waals surface area (Å²) in [6, 6.07) is 9.02. The molecule has 0 aliphatic heterocycles. The highest BCUT2D eigenvalue weighted by Gasteiger charge is 2.33. The van der Waals surface area contributed by atoms with Gasteiger partial charge >= 0.3 is 6.18 Å². The fourth-order valence-corrected chi connectivity index (χ4v) is 7.25. The molecule has 0 atom stereocenters. The van der Waals surface area contributed by atoms with Gasteiger partial charge in [0.1, 0.15) is 9.90 Å². The van der Waals surface area contributed by atoms with Gasteiger partial charge in [0.25, 0.3) is 0 Å². The van der Waals surface area contributed by atoms with Crippen LogP contribution >= 0.6 is 55.0 Å². The first-order valence-electron chi connectivity index (χ1n) is 7.62. The molecule has 3 rings (SSSR count). The van der Waals surface area contributed by atoms with Gasteiger partial charge in [-0.2, -0.15) is 13.2 Å². The zero-order valence-corrected chi connectivity index (χ0v) is 19.4. The average Bonchev–Trinajstić information content (AvgIpc) is 2.97. The van der Waals surface area contributed by atoms with Crippen molar-refractivity contribution in [2.45, 2.75) is 15.3 Å². The first-order chi connectivity index (χ1) is 13.1. The third kappa shape index (κ3) is 5.08. The minimum atomic E-state index is -4.55. The van der Waals surface area contributed by atoms with E-state index in [-0.39, 0.29) is 22.0 Å². The van der Waals surface area contributed by atoms with Gasteiger partial charge in [0, 0.05) is 27.1 Å². The lowest BCUT2D eigenvalue weighted by atomic mass is 10.2. The average molecular weight is 576 g/mol. The zero-order valence-electron chi connectivity index (χ0n) is 13.8. The Bertz CT molecular complexity index is 1100. The lowest BCUT2D eigenvalue weighted by molar-refractivity contribution is -0.141. The maximum atomic E-state index is 13.1. The van der Waals surface area contributed by atoms with E-state index >= 15 is 0 Å². The van der Waals surface area contributed by atoms with Gasteiger partial charge in [-0.1, -0.05) is 18.2 Å². The molecule has 1 N–H and O–H groups in total. The molecule has 2 heterocycles. The van der Waals surface area contributed by atoms with Gasteiger partial charge < -0.3 is 0 Å². The third-order valence-electron chi connectivity index (χ3n) is 3.51. The molecule has 0 aliphatic rings. The molecule has 1 aromatic carbocycles. The van der Waals surface area contributed by atoms with Crippen molar-refractivity contribution in [3.63, 3.8) is 0 Å². The van der Waals surface area contributed by atoms with Gasteiger partial charge in [-0.15, -0.1) is 23.1 Å². The highest BCUT2D eigenvalue weighted by atomic mass is 79.9. The van der Waals surface area contributed by atoms with Crippen molar-refractivity contribution < 1.29 is 21.6 Å². The Morgan fingerprint density at radius 1 is 1.18 bits per heavy atom. The molecular weight excluding hydrogens is 565 g/mol. The molecule has 150 valence electrons. The van der Waals surface area contributed by atoms with E-state index < -0.39 is 21.9 Å². The molecule has 3 aromatic rings. The van der Waals surface area contributed by atoms with Gasteiger partial charge in [-0.3, -0.25) is 0 Å². The van der Waals surface area contributed by atoms with Gasteiger partial charge in [-0.05, 0) is 50.1 Å². The summed E-state index contributed by atoms with van der Waals surface area (Å²) in [5.74, 6) is 0.262. The molecule has 0 aliphatic carbocycles. The number of para-hydroxylation sites is 1. The lowest BCUT2D eigenvalue weighted by Gasteiger charge is -2.11. The van der Waals surface area contributed by atoms with Crippen molar-refractivity contribution in [1.29, 1.82) is 0 Å². The molecule has 12 heteroatoms. The van der Waals surface area contributed by atoms with E-state index in [0.717, 1.165) is 29.2 Å². The summed E-state index contributed by atoms with van der Waals surface area (Å²) in [4.78, 5) is 4.07. The number of nitrogens with zero attached hydrogens (tertiary/aromatic N) is 1. The van der Waals surface area contributed by atoms with Crippen molar-refractivity contribution in [1.82, 2.24) is 9.71 Å². The maximum absolute atomic E-state index is 13.1. The molecule has 0 saturated heterocycles. The topological polar surface area (TPSA) is 59.1 Å². The van der Waals surface area contributed by atoms with E-state index in [9.17, 15) is 21.6 Å².